The maximum absolute atomic E-state index is 12.4. The fourth-order valence-corrected chi connectivity index (χ4v) is 2.47. The molecule has 6 heteroatoms. The van der Waals surface area contributed by atoms with E-state index in [2.05, 4.69) is 4.99 Å². The first kappa shape index (κ1) is 16.6. The molecule has 0 aliphatic heterocycles. The number of nitrogens with zero attached hydrogens (tertiary/aromatic N) is 1. The number of halogens is 3. The van der Waals surface area contributed by atoms with Gasteiger partial charge in [0.05, 0.1) is 11.3 Å². The van der Waals surface area contributed by atoms with Gasteiger partial charge in [0, 0.05) is 4.90 Å². The molecule has 0 radical (unpaired) electrons. The SMILES string of the molecule is FC(F)(F)c1ccc(SC=CC([S-])=Nc2ccccc2)cc1. The van der Waals surface area contributed by atoms with Gasteiger partial charge in [-0.3, -0.25) is 4.99 Å². The minimum absolute atomic E-state index is 0.408. The summed E-state index contributed by atoms with van der Waals surface area (Å²) in [5.41, 5.74) is 0.104. The zero-order chi connectivity index (χ0) is 16.0. The number of hydrogen-bond acceptors (Lipinski definition) is 3. The molecule has 2 aromatic carbocycles. The van der Waals surface area contributed by atoms with Crippen molar-refractivity contribution in [3.05, 3.63) is 71.6 Å². The van der Waals surface area contributed by atoms with Gasteiger partial charge >= 0.3 is 6.18 Å². The highest BCUT2D eigenvalue weighted by Crippen LogP contribution is 2.30. The zero-order valence-corrected chi connectivity index (χ0v) is 12.9. The third kappa shape index (κ3) is 5.20. The molecule has 0 N–H and O–H groups in total. The number of thioether (sulfide) groups is 1. The first-order valence-corrected chi connectivity index (χ1v) is 7.55. The fourth-order valence-electron chi connectivity index (χ4n) is 1.56. The molecule has 114 valence electrons. The Morgan fingerprint density at radius 3 is 2.23 bits per heavy atom. The number of rotatable bonds is 4. The van der Waals surface area contributed by atoms with Crippen LogP contribution < -0.4 is 0 Å². The third-order valence-electron chi connectivity index (χ3n) is 2.59. The van der Waals surface area contributed by atoms with Crippen LogP contribution in [0.25, 0.3) is 0 Å². The molecule has 2 aromatic rings. The number of hydrogen-bond donors (Lipinski definition) is 0. The van der Waals surface area contributed by atoms with E-state index in [-0.39, 0.29) is 0 Å². The quantitative estimate of drug-likeness (QED) is 0.312. The molecule has 0 saturated heterocycles. The summed E-state index contributed by atoms with van der Waals surface area (Å²) in [5, 5.41) is 2.11. The number of benzene rings is 2. The predicted molar refractivity (Wildman–Crippen MR) is 87.3 cm³/mol. The van der Waals surface area contributed by atoms with E-state index in [4.69, 9.17) is 12.6 Å². The summed E-state index contributed by atoms with van der Waals surface area (Å²) >= 11 is 6.39. The summed E-state index contributed by atoms with van der Waals surface area (Å²) in [6.07, 6.45) is -2.67. The lowest BCUT2D eigenvalue weighted by Gasteiger charge is -2.07. The monoisotopic (exact) mass is 338 g/mol. The molecule has 0 aromatic heterocycles. The Balaban J connectivity index is 1.96. The maximum Gasteiger partial charge on any atom is 0.416 e. The molecule has 0 bridgehead atoms. The van der Waals surface area contributed by atoms with Crippen molar-refractivity contribution in [1.29, 1.82) is 0 Å². The van der Waals surface area contributed by atoms with Gasteiger partial charge in [0.15, 0.2) is 0 Å². The van der Waals surface area contributed by atoms with Gasteiger partial charge in [0.25, 0.3) is 0 Å². The average Bonchev–Trinajstić information content (AvgIpc) is 2.48. The van der Waals surface area contributed by atoms with Crippen LogP contribution in [0.15, 0.2) is 76.0 Å². The first-order chi connectivity index (χ1) is 10.4. The van der Waals surface area contributed by atoms with Crippen molar-refractivity contribution in [3.63, 3.8) is 0 Å². The minimum Gasteiger partial charge on any atom is -0.760 e. The highest BCUT2D eigenvalue weighted by atomic mass is 32.2. The Morgan fingerprint density at radius 2 is 1.64 bits per heavy atom. The standard InChI is InChI=1S/C16H12F3NS2/c17-16(18,19)12-6-8-14(9-7-12)22-11-10-15(21)20-13-4-2-1-3-5-13/h1-11H,(H,20,21)/p-1. The Bertz CT molecular complexity index is 662. The summed E-state index contributed by atoms with van der Waals surface area (Å²) in [6, 6.07) is 14.3. The summed E-state index contributed by atoms with van der Waals surface area (Å²) in [6.45, 7) is 0. The van der Waals surface area contributed by atoms with Crippen molar-refractivity contribution < 1.29 is 13.2 Å². The maximum atomic E-state index is 12.4. The molecule has 0 unspecified atom stereocenters. The van der Waals surface area contributed by atoms with E-state index in [1.165, 1.54) is 23.9 Å². The fraction of sp³-hybridized carbons (Fsp3) is 0.0625. The molecule has 22 heavy (non-hydrogen) atoms. The van der Waals surface area contributed by atoms with Crippen LogP contribution in [0.4, 0.5) is 18.9 Å². The van der Waals surface area contributed by atoms with Crippen molar-refractivity contribution in [2.24, 2.45) is 4.99 Å². The van der Waals surface area contributed by atoms with Gasteiger partial charge in [-0.05, 0) is 41.8 Å². The second-order valence-electron chi connectivity index (χ2n) is 4.23. The van der Waals surface area contributed by atoms with Gasteiger partial charge in [0.1, 0.15) is 0 Å². The van der Waals surface area contributed by atoms with Gasteiger partial charge in [-0.25, -0.2) is 0 Å². The Morgan fingerprint density at radius 1 is 1.00 bits per heavy atom. The molecule has 0 amide bonds. The second-order valence-corrected chi connectivity index (χ2v) is 5.63. The van der Waals surface area contributed by atoms with Crippen molar-refractivity contribution in [2.75, 3.05) is 0 Å². The third-order valence-corrected chi connectivity index (χ3v) is 3.64. The minimum atomic E-state index is -4.31. The van der Waals surface area contributed by atoms with Gasteiger partial charge in [-0.2, -0.15) is 13.2 Å². The molecule has 0 heterocycles. The smallest absolute Gasteiger partial charge is 0.416 e. The van der Waals surface area contributed by atoms with Crippen LogP contribution >= 0.6 is 11.8 Å². The van der Waals surface area contributed by atoms with Crippen LogP contribution in [0.3, 0.4) is 0 Å². The molecule has 0 spiro atoms. The lowest BCUT2D eigenvalue weighted by Crippen LogP contribution is -2.03. The van der Waals surface area contributed by atoms with E-state index in [1.807, 2.05) is 30.3 Å². The average molecular weight is 338 g/mol. The highest BCUT2D eigenvalue weighted by Gasteiger charge is 2.29. The molecule has 0 fully saturated rings. The van der Waals surface area contributed by atoms with Gasteiger partial charge in [0.2, 0.25) is 0 Å². The lowest BCUT2D eigenvalue weighted by molar-refractivity contribution is -0.137. The van der Waals surface area contributed by atoms with E-state index in [1.54, 1.807) is 11.5 Å². The molecule has 0 aliphatic rings. The lowest BCUT2D eigenvalue weighted by atomic mass is 10.2. The van der Waals surface area contributed by atoms with Crippen LogP contribution in [0.2, 0.25) is 0 Å². The van der Waals surface area contributed by atoms with Gasteiger partial charge in [-0.15, -0.1) is 0 Å². The van der Waals surface area contributed by atoms with E-state index in [9.17, 15) is 13.2 Å². The number of alkyl halides is 3. The van der Waals surface area contributed by atoms with Crippen LogP contribution in [-0.4, -0.2) is 5.04 Å². The van der Waals surface area contributed by atoms with Gasteiger partial charge < -0.3 is 12.6 Å². The molecule has 0 saturated carbocycles. The summed E-state index contributed by atoms with van der Waals surface area (Å²) < 4.78 is 37.3. The van der Waals surface area contributed by atoms with Crippen LogP contribution in [0, 0.1) is 0 Å². The van der Waals surface area contributed by atoms with Crippen LogP contribution in [0.1, 0.15) is 5.56 Å². The molecular weight excluding hydrogens is 327 g/mol. The number of para-hydroxylation sites is 1. The van der Waals surface area contributed by atoms with E-state index in [0.717, 1.165) is 17.8 Å². The summed E-state index contributed by atoms with van der Waals surface area (Å²) in [7, 11) is 0. The van der Waals surface area contributed by atoms with E-state index in [0.29, 0.717) is 9.94 Å². The zero-order valence-electron chi connectivity index (χ0n) is 11.2. The summed E-state index contributed by atoms with van der Waals surface area (Å²) in [4.78, 5) is 4.92. The van der Waals surface area contributed by atoms with Crippen molar-refractivity contribution in [2.45, 2.75) is 11.1 Å². The van der Waals surface area contributed by atoms with Crippen LogP contribution in [0.5, 0.6) is 0 Å². The molecular formula is C16H11F3NS2-. The van der Waals surface area contributed by atoms with E-state index < -0.39 is 11.7 Å². The molecule has 1 nitrogen and oxygen atoms in total. The summed E-state index contributed by atoms with van der Waals surface area (Å²) in [5.74, 6) is 0. The Labute approximate surface area is 136 Å². The molecule has 0 aliphatic carbocycles. The Kier molecular flexibility index (Phi) is 5.63. The topological polar surface area (TPSA) is 12.4 Å². The Hall–Kier alpha value is -1.79. The second kappa shape index (κ2) is 7.47. The van der Waals surface area contributed by atoms with Crippen LogP contribution in [-0.2, 0) is 18.8 Å². The normalized spacial score (nSPS) is 12.8. The highest BCUT2D eigenvalue weighted by molar-refractivity contribution is 8.02. The van der Waals surface area contributed by atoms with Crippen molar-refractivity contribution in [3.8, 4) is 0 Å². The van der Waals surface area contributed by atoms with Crippen molar-refractivity contribution in [1.82, 2.24) is 0 Å². The van der Waals surface area contributed by atoms with Gasteiger partial charge in [-0.1, -0.05) is 41.1 Å². The molecule has 2 rings (SSSR count). The predicted octanol–water partition coefficient (Wildman–Crippen LogP) is 5.59. The van der Waals surface area contributed by atoms with E-state index >= 15 is 0 Å². The first-order valence-electron chi connectivity index (χ1n) is 6.26. The van der Waals surface area contributed by atoms with Crippen molar-refractivity contribution >= 4 is 35.1 Å². The largest absolute Gasteiger partial charge is 0.760 e. The molecule has 0 atom stereocenters. The number of aliphatic imine (C=N–C) groups is 1.